The maximum atomic E-state index is 13.4. The SMILES string of the molecule is CSc1cc(C(=O)N(CCC(=O)O)C(C)C)ccc1F. The lowest BCUT2D eigenvalue weighted by atomic mass is 10.1. The Morgan fingerprint density at radius 3 is 2.55 bits per heavy atom. The number of rotatable bonds is 6. The van der Waals surface area contributed by atoms with E-state index in [0.717, 1.165) is 0 Å². The fraction of sp³-hybridized carbons (Fsp3) is 0.429. The van der Waals surface area contributed by atoms with Gasteiger partial charge in [-0.2, -0.15) is 0 Å². The number of hydrogen-bond acceptors (Lipinski definition) is 3. The van der Waals surface area contributed by atoms with Crippen LogP contribution in [-0.2, 0) is 4.79 Å². The summed E-state index contributed by atoms with van der Waals surface area (Å²) in [7, 11) is 0. The lowest BCUT2D eigenvalue weighted by Crippen LogP contribution is -2.38. The lowest BCUT2D eigenvalue weighted by molar-refractivity contribution is -0.137. The van der Waals surface area contributed by atoms with Crippen LogP contribution in [0.3, 0.4) is 0 Å². The van der Waals surface area contributed by atoms with E-state index < -0.39 is 5.97 Å². The van der Waals surface area contributed by atoms with Crippen molar-refractivity contribution in [3.05, 3.63) is 29.6 Å². The molecule has 0 aliphatic rings. The summed E-state index contributed by atoms with van der Waals surface area (Å²) < 4.78 is 13.4. The van der Waals surface area contributed by atoms with E-state index in [1.807, 2.05) is 13.8 Å². The van der Waals surface area contributed by atoms with Gasteiger partial charge in [0.2, 0.25) is 0 Å². The van der Waals surface area contributed by atoms with Crippen molar-refractivity contribution in [2.45, 2.75) is 31.2 Å². The summed E-state index contributed by atoms with van der Waals surface area (Å²) in [4.78, 5) is 24.9. The van der Waals surface area contributed by atoms with Gasteiger partial charge in [-0.05, 0) is 38.3 Å². The van der Waals surface area contributed by atoms with Crippen LogP contribution in [0.5, 0.6) is 0 Å². The normalized spacial score (nSPS) is 10.7. The second kappa shape index (κ2) is 7.28. The first-order chi connectivity index (χ1) is 9.36. The molecule has 0 aliphatic carbocycles. The van der Waals surface area contributed by atoms with Gasteiger partial charge in [0.05, 0.1) is 6.42 Å². The monoisotopic (exact) mass is 299 g/mol. The maximum Gasteiger partial charge on any atom is 0.305 e. The zero-order chi connectivity index (χ0) is 15.3. The fourth-order valence-electron chi connectivity index (χ4n) is 1.77. The van der Waals surface area contributed by atoms with Crippen LogP contribution >= 0.6 is 11.8 Å². The van der Waals surface area contributed by atoms with E-state index in [1.165, 1.54) is 34.9 Å². The van der Waals surface area contributed by atoms with Gasteiger partial charge in [0, 0.05) is 23.0 Å². The third-order valence-electron chi connectivity index (χ3n) is 2.85. The van der Waals surface area contributed by atoms with Crippen molar-refractivity contribution in [1.82, 2.24) is 4.90 Å². The zero-order valence-electron chi connectivity index (χ0n) is 11.7. The zero-order valence-corrected chi connectivity index (χ0v) is 12.5. The minimum absolute atomic E-state index is 0.111. The van der Waals surface area contributed by atoms with E-state index in [-0.39, 0.29) is 30.7 Å². The van der Waals surface area contributed by atoms with Crippen LogP contribution in [0.2, 0.25) is 0 Å². The molecule has 1 N–H and O–H groups in total. The molecular weight excluding hydrogens is 281 g/mol. The number of hydrogen-bond donors (Lipinski definition) is 1. The van der Waals surface area contributed by atoms with Gasteiger partial charge >= 0.3 is 5.97 Å². The number of carboxylic acid groups (broad SMARTS) is 1. The molecule has 0 unspecified atom stereocenters. The first kappa shape index (κ1) is 16.5. The molecule has 110 valence electrons. The highest BCUT2D eigenvalue weighted by molar-refractivity contribution is 7.98. The van der Waals surface area contributed by atoms with Crippen LogP contribution in [0.1, 0.15) is 30.6 Å². The molecule has 6 heteroatoms. The van der Waals surface area contributed by atoms with Gasteiger partial charge in [0.25, 0.3) is 5.91 Å². The molecule has 0 fully saturated rings. The summed E-state index contributed by atoms with van der Waals surface area (Å²) in [5.41, 5.74) is 0.370. The predicted octanol–water partition coefficient (Wildman–Crippen LogP) is 2.87. The van der Waals surface area contributed by atoms with Gasteiger partial charge in [0.1, 0.15) is 5.82 Å². The Morgan fingerprint density at radius 1 is 1.40 bits per heavy atom. The van der Waals surface area contributed by atoms with E-state index in [4.69, 9.17) is 5.11 Å². The maximum absolute atomic E-state index is 13.4. The van der Waals surface area contributed by atoms with Crippen LogP contribution in [0.25, 0.3) is 0 Å². The van der Waals surface area contributed by atoms with E-state index in [1.54, 1.807) is 6.26 Å². The first-order valence-corrected chi connectivity index (χ1v) is 7.45. The van der Waals surface area contributed by atoms with Crippen molar-refractivity contribution < 1.29 is 19.1 Å². The molecule has 0 aromatic heterocycles. The molecule has 0 bridgehead atoms. The molecule has 1 aromatic carbocycles. The van der Waals surface area contributed by atoms with Gasteiger partial charge in [0.15, 0.2) is 0 Å². The molecule has 1 amide bonds. The first-order valence-electron chi connectivity index (χ1n) is 6.23. The molecular formula is C14H18FNO3S. The van der Waals surface area contributed by atoms with Crippen molar-refractivity contribution >= 4 is 23.6 Å². The van der Waals surface area contributed by atoms with E-state index in [0.29, 0.717) is 10.5 Å². The summed E-state index contributed by atoms with van der Waals surface area (Å²) in [6.45, 7) is 3.77. The topological polar surface area (TPSA) is 57.6 Å². The van der Waals surface area contributed by atoms with E-state index >= 15 is 0 Å². The molecule has 0 heterocycles. The Hall–Kier alpha value is -1.56. The molecule has 1 rings (SSSR count). The Bertz CT molecular complexity index is 505. The van der Waals surface area contributed by atoms with Crippen molar-refractivity contribution in [3.63, 3.8) is 0 Å². The summed E-state index contributed by atoms with van der Waals surface area (Å²) >= 11 is 1.23. The number of carboxylic acids is 1. The second-order valence-electron chi connectivity index (χ2n) is 4.59. The minimum Gasteiger partial charge on any atom is -0.481 e. The number of thioether (sulfide) groups is 1. The average Bonchev–Trinajstić information content (AvgIpc) is 2.38. The molecule has 0 aliphatic heterocycles. The number of amides is 1. The van der Waals surface area contributed by atoms with Gasteiger partial charge in [-0.25, -0.2) is 4.39 Å². The minimum atomic E-state index is -0.952. The highest BCUT2D eigenvalue weighted by Gasteiger charge is 2.20. The summed E-state index contributed by atoms with van der Waals surface area (Å²) in [6, 6.07) is 4.06. The van der Waals surface area contributed by atoms with Gasteiger partial charge < -0.3 is 10.0 Å². The van der Waals surface area contributed by atoms with Crippen molar-refractivity contribution in [2.24, 2.45) is 0 Å². The predicted molar refractivity (Wildman–Crippen MR) is 76.6 cm³/mol. The number of carbonyl (C=O) groups excluding carboxylic acids is 1. The highest BCUT2D eigenvalue weighted by Crippen LogP contribution is 2.21. The molecule has 1 aromatic rings. The Labute approximate surface area is 122 Å². The lowest BCUT2D eigenvalue weighted by Gasteiger charge is -2.26. The Balaban J connectivity index is 2.97. The highest BCUT2D eigenvalue weighted by atomic mass is 32.2. The van der Waals surface area contributed by atoms with Crippen LogP contribution in [0.4, 0.5) is 4.39 Å². The smallest absolute Gasteiger partial charge is 0.305 e. The molecule has 0 radical (unpaired) electrons. The second-order valence-corrected chi connectivity index (χ2v) is 5.43. The Morgan fingerprint density at radius 2 is 2.05 bits per heavy atom. The van der Waals surface area contributed by atoms with E-state index in [2.05, 4.69) is 0 Å². The Kier molecular flexibility index (Phi) is 6.01. The van der Waals surface area contributed by atoms with Gasteiger partial charge in [-0.15, -0.1) is 11.8 Å². The van der Waals surface area contributed by atoms with Crippen molar-refractivity contribution in [2.75, 3.05) is 12.8 Å². The molecule has 4 nitrogen and oxygen atoms in total. The largest absolute Gasteiger partial charge is 0.481 e. The van der Waals surface area contributed by atoms with Crippen LogP contribution in [-0.4, -0.2) is 40.7 Å². The molecule has 0 spiro atoms. The van der Waals surface area contributed by atoms with Crippen LogP contribution < -0.4 is 0 Å². The van der Waals surface area contributed by atoms with Crippen LogP contribution in [0, 0.1) is 5.82 Å². The molecule has 20 heavy (non-hydrogen) atoms. The fourth-order valence-corrected chi connectivity index (χ4v) is 2.28. The molecule has 0 saturated heterocycles. The number of halogens is 1. The number of benzene rings is 1. The standard InChI is InChI=1S/C14H18FNO3S/c1-9(2)16(7-6-13(17)18)14(19)10-4-5-11(15)12(8-10)20-3/h4-5,8-9H,6-7H2,1-3H3,(H,17,18). The third-order valence-corrected chi connectivity index (χ3v) is 3.60. The summed E-state index contributed by atoms with van der Waals surface area (Å²) in [5.74, 6) is -1.60. The third kappa shape index (κ3) is 4.23. The number of aliphatic carboxylic acids is 1. The van der Waals surface area contributed by atoms with Crippen molar-refractivity contribution in [1.29, 1.82) is 0 Å². The quantitative estimate of drug-likeness (QED) is 0.821. The van der Waals surface area contributed by atoms with Crippen LogP contribution in [0.15, 0.2) is 23.1 Å². The van der Waals surface area contributed by atoms with E-state index in [9.17, 15) is 14.0 Å². The van der Waals surface area contributed by atoms with Crippen molar-refractivity contribution in [3.8, 4) is 0 Å². The average molecular weight is 299 g/mol. The van der Waals surface area contributed by atoms with Gasteiger partial charge in [-0.3, -0.25) is 9.59 Å². The molecule has 0 saturated carbocycles. The van der Waals surface area contributed by atoms with Gasteiger partial charge in [-0.1, -0.05) is 0 Å². The summed E-state index contributed by atoms with van der Waals surface area (Å²) in [5, 5.41) is 8.72. The number of carbonyl (C=O) groups is 2. The number of nitrogens with zero attached hydrogens (tertiary/aromatic N) is 1. The molecule has 0 atom stereocenters. The summed E-state index contributed by atoms with van der Waals surface area (Å²) in [6.07, 6.45) is 1.62.